The van der Waals surface area contributed by atoms with Gasteiger partial charge in [-0.15, -0.1) is 11.6 Å². The Morgan fingerprint density at radius 3 is 2.30 bits per heavy atom. The number of ketones is 1. The third kappa shape index (κ3) is 4.71. The molecule has 1 atom stereocenters. The zero-order valence-corrected chi connectivity index (χ0v) is 19.8. The van der Waals surface area contributed by atoms with Crippen LogP contribution in [0.4, 0.5) is 0 Å². The molecule has 0 saturated carbocycles. The second kappa shape index (κ2) is 8.87. The van der Waals surface area contributed by atoms with E-state index < -0.39 is 11.3 Å². The number of hydrogen-bond acceptors (Lipinski definition) is 4. The average molecular weight is 461 g/mol. The van der Waals surface area contributed by atoms with Crippen molar-refractivity contribution in [2.75, 3.05) is 0 Å². The average Bonchev–Trinajstić information content (AvgIpc) is 3.11. The maximum Gasteiger partial charge on any atom is 0.334 e. The van der Waals surface area contributed by atoms with Gasteiger partial charge in [-0.3, -0.25) is 4.79 Å². The summed E-state index contributed by atoms with van der Waals surface area (Å²) in [7, 11) is 0. The van der Waals surface area contributed by atoms with Crippen LogP contribution >= 0.6 is 11.6 Å². The molecule has 5 heteroatoms. The molecule has 1 heterocycles. The van der Waals surface area contributed by atoms with Gasteiger partial charge in [0.25, 0.3) is 0 Å². The largest absolute Gasteiger partial charge is 0.452 e. The van der Waals surface area contributed by atoms with Gasteiger partial charge in [0.2, 0.25) is 5.78 Å². The second-order valence-electron chi connectivity index (χ2n) is 9.07. The number of carbonyl (C=O) groups is 2. The number of benzene rings is 3. The third-order valence-corrected chi connectivity index (χ3v) is 6.05. The van der Waals surface area contributed by atoms with Crippen LogP contribution in [0.1, 0.15) is 58.8 Å². The van der Waals surface area contributed by atoms with Gasteiger partial charge in [0.15, 0.2) is 11.1 Å². The lowest BCUT2D eigenvalue weighted by Crippen LogP contribution is -2.15. The highest BCUT2D eigenvalue weighted by molar-refractivity contribution is 6.30. The van der Waals surface area contributed by atoms with Crippen LogP contribution in [0.5, 0.6) is 11.5 Å². The first-order valence-corrected chi connectivity index (χ1v) is 11.2. The van der Waals surface area contributed by atoms with E-state index in [9.17, 15) is 9.59 Å². The van der Waals surface area contributed by atoms with E-state index in [1.165, 1.54) is 5.56 Å². The molecule has 1 unspecified atom stereocenters. The minimum Gasteiger partial charge on any atom is -0.452 e. The molecule has 0 saturated heterocycles. The van der Waals surface area contributed by atoms with Crippen molar-refractivity contribution in [1.29, 1.82) is 0 Å². The molecular formula is C28H25ClO4. The van der Waals surface area contributed by atoms with Crippen molar-refractivity contribution in [3.05, 3.63) is 100 Å². The summed E-state index contributed by atoms with van der Waals surface area (Å²) in [5, 5.41) is -0.937. The van der Waals surface area contributed by atoms with Crippen LogP contribution in [-0.2, 0) is 10.2 Å². The zero-order chi connectivity index (χ0) is 23.8. The fourth-order valence-electron chi connectivity index (χ4n) is 3.63. The van der Waals surface area contributed by atoms with E-state index in [4.69, 9.17) is 21.1 Å². The van der Waals surface area contributed by atoms with E-state index in [1.54, 1.807) is 37.3 Å². The molecule has 0 spiro atoms. The molecule has 1 aliphatic rings. The van der Waals surface area contributed by atoms with Crippen LogP contribution in [0.25, 0.3) is 6.08 Å². The molecule has 0 radical (unpaired) electrons. The highest BCUT2D eigenvalue weighted by atomic mass is 35.5. The summed E-state index contributed by atoms with van der Waals surface area (Å²) in [6, 6.07) is 20.3. The molecule has 0 N–H and O–H groups in total. The third-order valence-electron chi connectivity index (χ3n) is 5.62. The van der Waals surface area contributed by atoms with Gasteiger partial charge in [0.1, 0.15) is 11.5 Å². The molecule has 3 aromatic carbocycles. The number of allylic oxidation sites excluding steroid dienone is 1. The smallest absolute Gasteiger partial charge is 0.334 e. The van der Waals surface area contributed by atoms with Gasteiger partial charge in [0, 0.05) is 5.56 Å². The fourth-order valence-corrected chi connectivity index (χ4v) is 3.82. The van der Waals surface area contributed by atoms with E-state index in [2.05, 4.69) is 32.9 Å². The Labute approximate surface area is 198 Å². The van der Waals surface area contributed by atoms with E-state index in [-0.39, 0.29) is 17.0 Å². The maximum atomic E-state index is 12.9. The van der Waals surface area contributed by atoms with Gasteiger partial charge in [0.05, 0.1) is 5.56 Å². The highest BCUT2D eigenvalue weighted by Gasteiger charge is 2.31. The molecule has 1 aliphatic heterocycles. The van der Waals surface area contributed by atoms with Crippen molar-refractivity contribution in [3.63, 3.8) is 0 Å². The van der Waals surface area contributed by atoms with Crippen LogP contribution in [0.15, 0.2) is 72.5 Å². The van der Waals surface area contributed by atoms with Crippen LogP contribution in [0, 0.1) is 6.92 Å². The summed E-state index contributed by atoms with van der Waals surface area (Å²) in [5.41, 5.74) is 3.79. The lowest BCUT2D eigenvalue weighted by atomic mass is 9.86. The minimum absolute atomic E-state index is 0.0507. The van der Waals surface area contributed by atoms with Crippen LogP contribution in [0.2, 0.25) is 0 Å². The van der Waals surface area contributed by atoms with E-state index in [0.29, 0.717) is 28.2 Å². The Bertz CT molecular complexity index is 1240. The maximum absolute atomic E-state index is 12.9. The predicted octanol–water partition coefficient (Wildman–Crippen LogP) is 6.79. The summed E-state index contributed by atoms with van der Waals surface area (Å²) < 4.78 is 11.4. The quantitative estimate of drug-likeness (QED) is 0.186. The normalized spacial score (nSPS) is 15.2. The van der Waals surface area contributed by atoms with E-state index >= 15 is 0 Å². The number of hydrogen-bond donors (Lipinski definition) is 0. The molecule has 0 aliphatic carbocycles. The Hall–Kier alpha value is -3.37. The van der Waals surface area contributed by atoms with Crippen LogP contribution < -0.4 is 9.47 Å². The van der Waals surface area contributed by atoms with Gasteiger partial charge in [-0.2, -0.15) is 0 Å². The highest BCUT2D eigenvalue weighted by Crippen LogP contribution is 2.40. The first-order valence-electron chi connectivity index (χ1n) is 10.7. The molecule has 33 heavy (non-hydrogen) atoms. The Balaban J connectivity index is 1.55. The lowest BCUT2D eigenvalue weighted by molar-refractivity contribution is -0.134. The molecule has 4 rings (SSSR count). The van der Waals surface area contributed by atoms with Gasteiger partial charge in [-0.05, 0) is 47.2 Å². The van der Waals surface area contributed by atoms with Crippen molar-refractivity contribution in [1.82, 2.24) is 0 Å². The summed E-state index contributed by atoms with van der Waals surface area (Å²) in [6.45, 7) is 8.21. The van der Waals surface area contributed by atoms with Crippen LogP contribution in [0.3, 0.4) is 0 Å². The summed E-state index contributed by atoms with van der Waals surface area (Å²) in [4.78, 5) is 25.4. The van der Waals surface area contributed by atoms with Crippen molar-refractivity contribution in [2.45, 2.75) is 38.5 Å². The summed E-state index contributed by atoms with van der Waals surface area (Å²) in [5.74, 6) is 0.146. The Kier molecular flexibility index (Phi) is 6.13. The first kappa shape index (κ1) is 22.8. The summed E-state index contributed by atoms with van der Waals surface area (Å²) >= 11 is 6.28. The van der Waals surface area contributed by atoms with Crippen molar-refractivity contribution in [3.8, 4) is 11.5 Å². The molecule has 0 amide bonds. The zero-order valence-electron chi connectivity index (χ0n) is 19.0. The number of carbonyl (C=O) groups excluding carboxylic acids is 2. The number of Topliss-reactive ketones (excluding diaryl/α,β-unsaturated/α-hetero) is 1. The van der Waals surface area contributed by atoms with Gasteiger partial charge >= 0.3 is 5.97 Å². The first-order chi connectivity index (χ1) is 15.6. The summed E-state index contributed by atoms with van der Waals surface area (Å²) in [6.07, 6.45) is 1.73. The van der Waals surface area contributed by atoms with Crippen LogP contribution in [-0.4, -0.2) is 11.8 Å². The Morgan fingerprint density at radius 2 is 1.67 bits per heavy atom. The lowest BCUT2D eigenvalue weighted by Gasteiger charge is -2.18. The number of alkyl halides is 1. The molecule has 0 bridgehead atoms. The number of esters is 1. The Morgan fingerprint density at radius 1 is 1.00 bits per heavy atom. The second-order valence-corrected chi connectivity index (χ2v) is 9.51. The topological polar surface area (TPSA) is 52.6 Å². The molecule has 0 fully saturated rings. The van der Waals surface area contributed by atoms with E-state index in [0.717, 1.165) is 5.56 Å². The monoisotopic (exact) mass is 460 g/mol. The molecule has 4 nitrogen and oxygen atoms in total. The predicted molar refractivity (Wildman–Crippen MR) is 130 cm³/mol. The molecule has 0 aromatic heterocycles. The molecule has 3 aromatic rings. The van der Waals surface area contributed by atoms with Crippen molar-refractivity contribution in [2.24, 2.45) is 0 Å². The standard InChI is InChI=1S/C28H25ClO4/c1-17-22(33-27(31)24(29)19-8-6-5-7-9-19)15-14-21-25(30)23(32-26(17)21)16-18-10-12-20(13-11-18)28(2,3)4/h5-16,24H,1-4H3/b23-16-. The number of rotatable bonds is 4. The SMILES string of the molecule is Cc1c(OC(=O)C(Cl)c2ccccc2)ccc2c1O/C(=C\c1ccc(C(C)(C)C)cc1)C2=O. The fraction of sp³-hybridized carbons (Fsp3) is 0.214. The van der Waals surface area contributed by atoms with E-state index in [1.807, 2.05) is 30.3 Å². The van der Waals surface area contributed by atoms with Crippen molar-refractivity contribution >= 4 is 29.4 Å². The molecule has 168 valence electrons. The molecular weight excluding hydrogens is 436 g/mol. The van der Waals surface area contributed by atoms with Gasteiger partial charge in [-0.25, -0.2) is 4.79 Å². The van der Waals surface area contributed by atoms with Crippen molar-refractivity contribution < 1.29 is 19.1 Å². The van der Waals surface area contributed by atoms with Gasteiger partial charge < -0.3 is 9.47 Å². The number of fused-ring (bicyclic) bond motifs is 1. The van der Waals surface area contributed by atoms with Gasteiger partial charge in [-0.1, -0.05) is 75.4 Å². The minimum atomic E-state index is -0.937. The number of ether oxygens (including phenoxy) is 2. The number of halogens is 1.